The number of carbonyl (C=O) groups is 2. The first kappa shape index (κ1) is 17.9. The Labute approximate surface area is 106 Å². The zero-order valence-corrected chi connectivity index (χ0v) is 10.5. The van der Waals surface area contributed by atoms with Crippen LogP contribution in [0.1, 0.15) is 27.2 Å². The molecule has 0 fully saturated rings. The first-order valence-corrected chi connectivity index (χ1v) is 5.47. The molecule has 0 aromatic rings. The summed E-state index contributed by atoms with van der Waals surface area (Å²) in [6.07, 6.45) is -11.6. The lowest BCUT2D eigenvalue weighted by Crippen LogP contribution is -2.40. The second kappa shape index (κ2) is 5.92. The van der Waals surface area contributed by atoms with Crippen molar-refractivity contribution >= 4 is 11.6 Å². The molecule has 0 aliphatic heterocycles. The molecule has 0 N–H and O–H groups in total. The van der Waals surface area contributed by atoms with E-state index in [4.69, 9.17) is 0 Å². The van der Waals surface area contributed by atoms with E-state index in [1.165, 1.54) is 0 Å². The molecule has 0 aromatic heterocycles. The number of hydrogen-bond acceptors (Lipinski definition) is 2. The molecule has 8 heteroatoms. The fourth-order valence-corrected chi connectivity index (χ4v) is 1.65. The maximum atomic E-state index is 12.6. The fraction of sp³-hybridized carbons (Fsp3) is 0.818. The van der Waals surface area contributed by atoms with E-state index in [9.17, 15) is 35.9 Å². The predicted octanol–water partition coefficient (Wildman–Crippen LogP) is 3.55. The van der Waals surface area contributed by atoms with Gasteiger partial charge < -0.3 is 0 Å². The summed E-state index contributed by atoms with van der Waals surface area (Å²) in [6.45, 7) is 3.02. The van der Waals surface area contributed by atoms with Crippen LogP contribution in [0, 0.1) is 17.8 Å². The molecule has 0 bridgehead atoms. The van der Waals surface area contributed by atoms with E-state index in [0.717, 1.165) is 20.8 Å². The van der Waals surface area contributed by atoms with Crippen LogP contribution in [0.5, 0.6) is 0 Å². The van der Waals surface area contributed by atoms with E-state index in [1.807, 2.05) is 0 Å². The van der Waals surface area contributed by atoms with Crippen LogP contribution in [0.2, 0.25) is 0 Å². The van der Waals surface area contributed by atoms with Gasteiger partial charge in [-0.1, -0.05) is 13.8 Å². The van der Waals surface area contributed by atoms with E-state index in [-0.39, 0.29) is 0 Å². The topological polar surface area (TPSA) is 34.1 Å². The van der Waals surface area contributed by atoms with Gasteiger partial charge in [-0.25, -0.2) is 0 Å². The van der Waals surface area contributed by atoms with Crippen molar-refractivity contribution in [2.45, 2.75) is 39.5 Å². The number of carbonyl (C=O) groups excluding carboxylic acids is 2. The van der Waals surface area contributed by atoms with Crippen molar-refractivity contribution < 1.29 is 35.9 Å². The number of halogens is 6. The van der Waals surface area contributed by atoms with E-state index < -0.39 is 48.1 Å². The monoisotopic (exact) mass is 292 g/mol. The minimum atomic E-state index is -4.88. The summed E-state index contributed by atoms with van der Waals surface area (Å²) in [7, 11) is 0. The van der Waals surface area contributed by atoms with Crippen LogP contribution in [0.3, 0.4) is 0 Å². The van der Waals surface area contributed by atoms with Gasteiger partial charge in [0, 0.05) is 0 Å². The van der Waals surface area contributed by atoms with Crippen LogP contribution < -0.4 is 0 Å². The van der Waals surface area contributed by atoms with Gasteiger partial charge in [-0.3, -0.25) is 9.59 Å². The van der Waals surface area contributed by atoms with Crippen molar-refractivity contribution in [3.8, 4) is 0 Å². The molecular formula is C11H14F6O2. The molecule has 0 radical (unpaired) electrons. The molecule has 112 valence electrons. The van der Waals surface area contributed by atoms with Gasteiger partial charge in [-0.05, 0) is 12.8 Å². The lowest BCUT2D eigenvalue weighted by atomic mass is 9.83. The number of ketones is 2. The maximum absolute atomic E-state index is 12.6. The third-order valence-electron chi connectivity index (χ3n) is 2.61. The summed E-state index contributed by atoms with van der Waals surface area (Å²) in [4.78, 5) is 22.7. The number of alkyl halides is 6. The summed E-state index contributed by atoms with van der Waals surface area (Å²) in [6, 6.07) is 0. The van der Waals surface area contributed by atoms with Crippen molar-refractivity contribution in [1.29, 1.82) is 0 Å². The molecule has 0 spiro atoms. The molecule has 0 saturated heterocycles. The highest BCUT2D eigenvalue weighted by Crippen LogP contribution is 2.35. The number of Topliss-reactive ketones (excluding diaryl/α,β-unsaturated/α-hetero) is 2. The minimum absolute atomic E-state index is 0.775. The molecule has 0 aliphatic carbocycles. The summed E-state index contributed by atoms with van der Waals surface area (Å²) in [5, 5.41) is 0. The van der Waals surface area contributed by atoms with E-state index in [2.05, 4.69) is 0 Å². The third-order valence-corrected chi connectivity index (χ3v) is 2.61. The minimum Gasteiger partial charge on any atom is -0.299 e. The van der Waals surface area contributed by atoms with E-state index in [1.54, 1.807) is 0 Å². The normalized spacial score (nSPS) is 16.3. The van der Waals surface area contributed by atoms with Crippen molar-refractivity contribution in [2.75, 3.05) is 0 Å². The van der Waals surface area contributed by atoms with Gasteiger partial charge in [-0.15, -0.1) is 0 Å². The van der Waals surface area contributed by atoms with Crippen LogP contribution in [0.4, 0.5) is 26.3 Å². The average Bonchev–Trinajstić information content (AvgIpc) is 2.10. The summed E-state index contributed by atoms with van der Waals surface area (Å²) >= 11 is 0. The van der Waals surface area contributed by atoms with Gasteiger partial charge in [-0.2, -0.15) is 26.3 Å². The SMILES string of the molecule is CC(C(=O)CC(F)(F)F)C(=O)C(C(C)C)C(F)(F)F. The lowest BCUT2D eigenvalue weighted by Gasteiger charge is -2.25. The molecule has 0 heterocycles. The Morgan fingerprint density at radius 2 is 1.37 bits per heavy atom. The Morgan fingerprint density at radius 1 is 0.947 bits per heavy atom. The largest absolute Gasteiger partial charge is 0.398 e. The van der Waals surface area contributed by atoms with Crippen molar-refractivity contribution in [1.82, 2.24) is 0 Å². The van der Waals surface area contributed by atoms with Gasteiger partial charge in [0.1, 0.15) is 12.3 Å². The standard InChI is InChI=1S/C11H14F6O2/c1-5(2)8(11(15,16)17)9(19)6(3)7(18)4-10(12,13)14/h5-6,8H,4H2,1-3H3. The van der Waals surface area contributed by atoms with Crippen LogP contribution in [0.15, 0.2) is 0 Å². The number of hydrogen-bond donors (Lipinski definition) is 0. The Bertz CT molecular complexity index is 342. The third kappa shape index (κ3) is 5.61. The first-order chi connectivity index (χ1) is 8.27. The highest BCUT2D eigenvalue weighted by molar-refractivity contribution is 6.03. The molecule has 0 rings (SSSR count). The van der Waals surface area contributed by atoms with Gasteiger partial charge in [0.05, 0.1) is 5.92 Å². The van der Waals surface area contributed by atoms with Gasteiger partial charge >= 0.3 is 12.4 Å². The Morgan fingerprint density at radius 3 is 1.63 bits per heavy atom. The molecule has 0 saturated carbocycles. The summed E-state index contributed by atoms with van der Waals surface area (Å²) < 4.78 is 73.8. The van der Waals surface area contributed by atoms with Crippen LogP contribution in [-0.2, 0) is 9.59 Å². The van der Waals surface area contributed by atoms with Crippen LogP contribution in [0.25, 0.3) is 0 Å². The molecule has 0 aliphatic rings. The molecule has 2 atom stereocenters. The number of rotatable bonds is 5. The van der Waals surface area contributed by atoms with Crippen LogP contribution in [-0.4, -0.2) is 23.9 Å². The summed E-state index contributed by atoms with van der Waals surface area (Å²) in [5.74, 6) is -8.56. The molecule has 0 amide bonds. The average molecular weight is 292 g/mol. The molecule has 2 unspecified atom stereocenters. The lowest BCUT2D eigenvalue weighted by molar-refractivity contribution is -0.192. The van der Waals surface area contributed by atoms with Crippen LogP contribution >= 0.6 is 0 Å². The van der Waals surface area contributed by atoms with Gasteiger partial charge in [0.2, 0.25) is 0 Å². The smallest absolute Gasteiger partial charge is 0.299 e. The highest BCUT2D eigenvalue weighted by atomic mass is 19.4. The fourth-order valence-electron chi connectivity index (χ4n) is 1.65. The molecule has 19 heavy (non-hydrogen) atoms. The highest BCUT2D eigenvalue weighted by Gasteiger charge is 2.49. The quantitative estimate of drug-likeness (QED) is 0.573. The zero-order valence-electron chi connectivity index (χ0n) is 10.5. The van der Waals surface area contributed by atoms with Gasteiger partial charge in [0.25, 0.3) is 0 Å². The van der Waals surface area contributed by atoms with E-state index >= 15 is 0 Å². The molecule has 0 aromatic carbocycles. The summed E-state index contributed by atoms with van der Waals surface area (Å²) in [5.41, 5.74) is 0. The van der Waals surface area contributed by atoms with Crippen molar-refractivity contribution in [2.24, 2.45) is 17.8 Å². The maximum Gasteiger partial charge on any atom is 0.398 e. The Balaban J connectivity index is 5.03. The molecule has 2 nitrogen and oxygen atoms in total. The van der Waals surface area contributed by atoms with Crippen molar-refractivity contribution in [3.05, 3.63) is 0 Å². The van der Waals surface area contributed by atoms with Crippen molar-refractivity contribution in [3.63, 3.8) is 0 Å². The second-order valence-corrected chi connectivity index (χ2v) is 4.65. The Kier molecular flexibility index (Phi) is 5.58. The zero-order chi connectivity index (χ0) is 15.6. The first-order valence-electron chi connectivity index (χ1n) is 5.47. The predicted molar refractivity (Wildman–Crippen MR) is 54.2 cm³/mol. The second-order valence-electron chi connectivity index (χ2n) is 4.65. The molecular weight excluding hydrogens is 278 g/mol. The Hall–Kier alpha value is -1.08. The van der Waals surface area contributed by atoms with Gasteiger partial charge in [0.15, 0.2) is 11.6 Å². The van der Waals surface area contributed by atoms with E-state index in [0.29, 0.717) is 0 Å².